The van der Waals surface area contributed by atoms with Gasteiger partial charge in [0.1, 0.15) is 12.4 Å². The van der Waals surface area contributed by atoms with Gasteiger partial charge in [-0.1, -0.05) is 35.9 Å². The fourth-order valence-electron chi connectivity index (χ4n) is 2.19. The maximum atomic E-state index is 10.6. The molecular weight excluding hydrogens is 330 g/mol. The first-order chi connectivity index (χ1) is 11.5. The number of carboxylic acid groups (broad SMARTS) is 1. The lowest BCUT2D eigenvalue weighted by molar-refractivity contribution is -0.136. The Morgan fingerprint density at radius 2 is 1.96 bits per heavy atom. The number of aliphatic carboxylic acids is 1. The van der Waals surface area contributed by atoms with Gasteiger partial charge >= 0.3 is 5.97 Å². The topological polar surface area (TPSA) is 78.8 Å². The van der Waals surface area contributed by atoms with Gasteiger partial charge in [-0.05, 0) is 35.4 Å². The zero-order valence-corrected chi connectivity index (χ0v) is 13.9. The summed E-state index contributed by atoms with van der Waals surface area (Å²) in [7, 11) is 0. The number of aliphatic hydroxyl groups is 1. The van der Waals surface area contributed by atoms with Crippen molar-refractivity contribution >= 4 is 17.6 Å². The van der Waals surface area contributed by atoms with E-state index in [1.54, 1.807) is 42.5 Å². The lowest BCUT2D eigenvalue weighted by Gasteiger charge is -2.13. The van der Waals surface area contributed by atoms with Gasteiger partial charge in [-0.25, -0.2) is 0 Å². The quantitative estimate of drug-likeness (QED) is 0.607. The van der Waals surface area contributed by atoms with Crippen LogP contribution in [-0.4, -0.2) is 35.9 Å². The normalized spacial score (nSPS) is 11.9. The average molecular weight is 350 g/mol. The van der Waals surface area contributed by atoms with Gasteiger partial charge in [0, 0.05) is 18.1 Å². The Kier molecular flexibility index (Phi) is 7.06. The fourth-order valence-corrected chi connectivity index (χ4v) is 2.39. The Hall–Kier alpha value is -2.08. The molecule has 24 heavy (non-hydrogen) atoms. The summed E-state index contributed by atoms with van der Waals surface area (Å²) in [5.41, 5.74) is 1.50. The Balaban J connectivity index is 1.66. The van der Waals surface area contributed by atoms with Crippen LogP contribution in [0.1, 0.15) is 17.2 Å². The highest BCUT2D eigenvalue weighted by atomic mass is 35.5. The first-order valence-corrected chi connectivity index (χ1v) is 8.00. The third kappa shape index (κ3) is 6.20. The summed E-state index contributed by atoms with van der Waals surface area (Å²) in [5.74, 6) is -0.174. The van der Waals surface area contributed by atoms with E-state index in [4.69, 9.17) is 21.4 Å². The molecule has 2 rings (SSSR count). The van der Waals surface area contributed by atoms with Gasteiger partial charge in [0.25, 0.3) is 0 Å². The third-order valence-corrected chi connectivity index (χ3v) is 3.63. The number of nitrogens with one attached hydrogen (secondary N) is 1. The molecule has 0 unspecified atom stereocenters. The van der Waals surface area contributed by atoms with Crippen LogP contribution in [-0.2, 0) is 11.2 Å². The molecule has 6 heteroatoms. The standard InChI is InChI=1S/C18H20ClNO4/c19-15-3-1-2-14(11-15)17(21)12-20-8-9-24-16-6-4-13(5-7-16)10-18(22)23/h1-7,11,17,20-21H,8-10,12H2,(H,22,23)/t17-/m0/s1. The minimum Gasteiger partial charge on any atom is -0.492 e. The van der Waals surface area contributed by atoms with Crippen molar-refractivity contribution in [2.45, 2.75) is 12.5 Å². The first-order valence-electron chi connectivity index (χ1n) is 7.62. The van der Waals surface area contributed by atoms with E-state index in [0.717, 1.165) is 11.1 Å². The van der Waals surface area contributed by atoms with Crippen molar-refractivity contribution in [3.63, 3.8) is 0 Å². The van der Waals surface area contributed by atoms with Crippen molar-refractivity contribution in [1.82, 2.24) is 5.32 Å². The number of carbonyl (C=O) groups is 1. The molecule has 3 N–H and O–H groups in total. The smallest absolute Gasteiger partial charge is 0.307 e. The Labute approximate surface area is 145 Å². The number of aliphatic hydroxyl groups excluding tert-OH is 1. The van der Waals surface area contributed by atoms with Crippen LogP contribution >= 0.6 is 11.6 Å². The molecule has 2 aromatic rings. The molecule has 2 aromatic carbocycles. The minimum atomic E-state index is -0.855. The molecule has 1 atom stereocenters. The van der Waals surface area contributed by atoms with E-state index in [-0.39, 0.29) is 6.42 Å². The first kappa shape index (κ1) is 18.3. The molecule has 0 radical (unpaired) electrons. The molecular formula is C18H20ClNO4. The van der Waals surface area contributed by atoms with Crippen LogP contribution in [0.15, 0.2) is 48.5 Å². The molecule has 0 amide bonds. The monoisotopic (exact) mass is 349 g/mol. The van der Waals surface area contributed by atoms with Crippen LogP contribution in [0.2, 0.25) is 5.02 Å². The fraction of sp³-hybridized carbons (Fsp3) is 0.278. The van der Waals surface area contributed by atoms with Crippen molar-refractivity contribution in [1.29, 1.82) is 0 Å². The molecule has 0 spiro atoms. The molecule has 0 heterocycles. The molecule has 0 saturated carbocycles. The van der Waals surface area contributed by atoms with Crippen molar-refractivity contribution in [3.8, 4) is 5.75 Å². The summed E-state index contributed by atoms with van der Waals surface area (Å²) >= 11 is 5.90. The lowest BCUT2D eigenvalue weighted by Crippen LogP contribution is -2.26. The predicted octanol–water partition coefficient (Wildman–Crippen LogP) is 2.67. The van der Waals surface area contributed by atoms with E-state index in [1.807, 2.05) is 6.07 Å². The van der Waals surface area contributed by atoms with Crippen molar-refractivity contribution < 1.29 is 19.7 Å². The van der Waals surface area contributed by atoms with Crippen molar-refractivity contribution in [2.75, 3.05) is 19.7 Å². The average Bonchev–Trinajstić information content (AvgIpc) is 2.55. The van der Waals surface area contributed by atoms with E-state index in [2.05, 4.69) is 5.32 Å². The second-order valence-corrected chi connectivity index (χ2v) is 5.77. The highest BCUT2D eigenvalue weighted by Crippen LogP contribution is 2.17. The van der Waals surface area contributed by atoms with E-state index >= 15 is 0 Å². The maximum absolute atomic E-state index is 10.6. The van der Waals surface area contributed by atoms with Gasteiger partial charge in [-0.15, -0.1) is 0 Å². The zero-order chi connectivity index (χ0) is 17.4. The molecule has 0 aromatic heterocycles. The number of carboxylic acids is 1. The summed E-state index contributed by atoms with van der Waals surface area (Å²) in [5, 5.41) is 22.5. The summed E-state index contributed by atoms with van der Waals surface area (Å²) in [6, 6.07) is 14.1. The second-order valence-electron chi connectivity index (χ2n) is 5.34. The van der Waals surface area contributed by atoms with E-state index in [1.165, 1.54) is 0 Å². The van der Waals surface area contributed by atoms with Crippen LogP contribution in [0, 0.1) is 0 Å². The van der Waals surface area contributed by atoms with Gasteiger partial charge in [0.2, 0.25) is 0 Å². The lowest BCUT2D eigenvalue weighted by atomic mass is 10.1. The largest absolute Gasteiger partial charge is 0.492 e. The Morgan fingerprint density at radius 3 is 2.62 bits per heavy atom. The molecule has 128 valence electrons. The number of ether oxygens (including phenoxy) is 1. The summed E-state index contributed by atoms with van der Waals surface area (Å²) in [6.45, 7) is 1.43. The number of halogens is 1. The van der Waals surface area contributed by atoms with Crippen LogP contribution < -0.4 is 10.1 Å². The number of hydrogen-bond donors (Lipinski definition) is 3. The van der Waals surface area contributed by atoms with E-state index in [0.29, 0.717) is 30.5 Å². The van der Waals surface area contributed by atoms with Crippen molar-refractivity contribution in [2.24, 2.45) is 0 Å². The van der Waals surface area contributed by atoms with E-state index < -0.39 is 12.1 Å². The predicted molar refractivity (Wildman–Crippen MR) is 92.6 cm³/mol. The SMILES string of the molecule is O=C(O)Cc1ccc(OCCNC[C@H](O)c2cccc(Cl)c2)cc1. The molecule has 0 bridgehead atoms. The summed E-state index contributed by atoms with van der Waals surface area (Å²) in [6.07, 6.45) is -0.623. The molecule has 0 aliphatic carbocycles. The highest BCUT2D eigenvalue weighted by Gasteiger charge is 2.07. The molecule has 0 aliphatic heterocycles. The third-order valence-electron chi connectivity index (χ3n) is 3.40. The molecule has 0 aliphatic rings. The molecule has 0 saturated heterocycles. The van der Waals surface area contributed by atoms with Crippen LogP contribution in [0.5, 0.6) is 5.75 Å². The zero-order valence-electron chi connectivity index (χ0n) is 13.1. The summed E-state index contributed by atoms with van der Waals surface area (Å²) in [4.78, 5) is 10.6. The number of benzene rings is 2. The Morgan fingerprint density at radius 1 is 1.21 bits per heavy atom. The van der Waals surface area contributed by atoms with Crippen molar-refractivity contribution in [3.05, 3.63) is 64.7 Å². The van der Waals surface area contributed by atoms with Gasteiger partial charge < -0.3 is 20.3 Å². The minimum absolute atomic E-state index is 0.00320. The summed E-state index contributed by atoms with van der Waals surface area (Å²) < 4.78 is 5.56. The van der Waals surface area contributed by atoms with E-state index in [9.17, 15) is 9.90 Å². The highest BCUT2D eigenvalue weighted by molar-refractivity contribution is 6.30. The Bertz CT molecular complexity index is 660. The number of rotatable bonds is 9. The molecule has 5 nitrogen and oxygen atoms in total. The van der Waals surface area contributed by atoms with Crippen LogP contribution in [0.4, 0.5) is 0 Å². The van der Waals surface area contributed by atoms with Crippen LogP contribution in [0.25, 0.3) is 0 Å². The van der Waals surface area contributed by atoms with Gasteiger partial charge in [0.05, 0.1) is 12.5 Å². The number of hydrogen-bond acceptors (Lipinski definition) is 4. The second kappa shape index (κ2) is 9.27. The van der Waals surface area contributed by atoms with Crippen LogP contribution in [0.3, 0.4) is 0 Å². The van der Waals surface area contributed by atoms with Gasteiger partial charge in [-0.2, -0.15) is 0 Å². The maximum Gasteiger partial charge on any atom is 0.307 e. The molecule has 0 fully saturated rings. The van der Waals surface area contributed by atoms with Gasteiger partial charge in [-0.3, -0.25) is 4.79 Å². The van der Waals surface area contributed by atoms with Gasteiger partial charge in [0.15, 0.2) is 0 Å².